The van der Waals surface area contributed by atoms with Gasteiger partial charge >= 0.3 is 0 Å². The van der Waals surface area contributed by atoms with E-state index in [4.69, 9.17) is 0 Å². The average Bonchev–Trinajstić information content (AvgIpc) is 2.23. The second-order valence-electron chi connectivity index (χ2n) is 5.04. The van der Waals surface area contributed by atoms with Crippen molar-refractivity contribution < 1.29 is 17.6 Å². The Morgan fingerprint density at radius 2 is 2.00 bits per heavy atom. The van der Waals surface area contributed by atoms with Crippen molar-refractivity contribution in [2.24, 2.45) is 0 Å². The van der Waals surface area contributed by atoms with E-state index in [0.29, 0.717) is 4.47 Å². The summed E-state index contributed by atoms with van der Waals surface area (Å²) in [7, 11) is -3.40. The number of sulfonamides is 1. The van der Waals surface area contributed by atoms with E-state index in [1.807, 2.05) is 0 Å². The highest BCUT2D eigenvalue weighted by Crippen LogP contribution is 2.19. The van der Waals surface area contributed by atoms with Crippen LogP contribution in [0.2, 0.25) is 0 Å². The summed E-state index contributed by atoms with van der Waals surface area (Å²) in [5.74, 6) is -1.26. The van der Waals surface area contributed by atoms with Crippen LogP contribution in [0.5, 0.6) is 0 Å². The highest BCUT2D eigenvalue weighted by atomic mass is 79.9. The maximum absolute atomic E-state index is 13.6. The van der Waals surface area contributed by atoms with Gasteiger partial charge in [-0.1, -0.05) is 6.07 Å². The molecule has 112 valence electrons. The third-order valence-corrected chi connectivity index (χ3v) is 3.93. The lowest BCUT2D eigenvalue weighted by atomic mass is 10.1. The van der Waals surface area contributed by atoms with Crippen molar-refractivity contribution in [2.75, 3.05) is 12.8 Å². The molecule has 0 saturated carbocycles. The van der Waals surface area contributed by atoms with E-state index >= 15 is 0 Å². The highest BCUT2D eigenvalue weighted by molar-refractivity contribution is 9.10. The standard InChI is InChI=1S/C12H16BrFN2O3S/c1-12(2,16-20(3,18)19)7-15-11(17)10-8(13)5-4-6-9(10)14/h4-6,16H,7H2,1-3H3,(H,15,17). The van der Waals surface area contributed by atoms with Crippen molar-refractivity contribution in [1.82, 2.24) is 10.0 Å². The summed E-state index contributed by atoms with van der Waals surface area (Å²) in [6.07, 6.45) is 1.03. The number of hydrogen-bond donors (Lipinski definition) is 2. The van der Waals surface area contributed by atoms with Crippen molar-refractivity contribution in [3.05, 3.63) is 34.1 Å². The molecule has 0 aliphatic carbocycles. The van der Waals surface area contributed by atoms with Crippen LogP contribution in [-0.2, 0) is 10.0 Å². The fraction of sp³-hybridized carbons (Fsp3) is 0.417. The minimum absolute atomic E-state index is 0.0275. The lowest BCUT2D eigenvalue weighted by Gasteiger charge is -2.25. The van der Waals surface area contributed by atoms with Gasteiger partial charge in [-0.3, -0.25) is 4.79 Å². The molecule has 5 nitrogen and oxygen atoms in total. The van der Waals surface area contributed by atoms with Gasteiger partial charge < -0.3 is 5.32 Å². The lowest BCUT2D eigenvalue weighted by Crippen LogP contribution is -2.51. The Hall–Kier alpha value is -0.990. The van der Waals surface area contributed by atoms with Gasteiger partial charge in [0.25, 0.3) is 5.91 Å². The van der Waals surface area contributed by atoms with Crippen molar-refractivity contribution >= 4 is 31.9 Å². The number of amides is 1. The smallest absolute Gasteiger partial charge is 0.255 e. The van der Waals surface area contributed by atoms with Crippen molar-refractivity contribution in [3.8, 4) is 0 Å². The van der Waals surface area contributed by atoms with Crippen molar-refractivity contribution in [3.63, 3.8) is 0 Å². The molecule has 2 N–H and O–H groups in total. The fourth-order valence-corrected chi connectivity index (χ4v) is 3.24. The van der Waals surface area contributed by atoms with Crippen molar-refractivity contribution in [2.45, 2.75) is 19.4 Å². The third-order valence-electron chi connectivity index (χ3n) is 2.34. The van der Waals surface area contributed by atoms with Gasteiger partial charge in [0.05, 0.1) is 11.8 Å². The number of benzene rings is 1. The second-order valence-corrected chi connectivity index (χ2v) is 7.64. The SMILES string of the molecule is CC(C)(CNC(=O)c1c(F)cccc1Br)NS(C)(=O)=O. The van der Waals surface area contributed by atoms with Gasteiger partial charge in [0, 0.05) is 16.6 Å². The molecule has 0 radical (unpaired) electrons. The minimum Gasteiger partial charge on any atom is -0.350 e. The van der Waals surface area contributed by atoms with Gasteiger partial charge in [-0.2, -0.15) is 0 Å². The van der Waals surface area contributed by atoms with Crippen LogP contribution in [-0.4, -0.2) is 32.7 Å². The van der Waals surface area contributed by atoms with E-state index in [1.54, 1.807) is 19.9 Å². The monoisotopic (exact) mass is 366 g/mol. The van der Waals surface area contributed by atoms with Gasteiger partial charge in [-0.05, 0) is 41.9 Å². The lowest BCUT2D eigenvalue weighted by molar-refractivity contribution is 0.0939. The Balaban J connectivity index is 2.78. The molecule has 0 fully saturated rings. The van der Waals surface area contributed by atoms with Gasteiger partial charge in [0.1, 0.15) is 5.82 Å². The molecule has 0 aromatic heterocycles. The van der Waals surface area contributed by atoms with Crippen LogP contribution in [0.3, 0.4) is 0 Å². The van der Waals surface area contributed by atoms with Crippen LogP contribution >= 0.6 is 15.9 Å². The maximum atomic E-state index is 13.6. The molecular formula is C12H16BrFN2O3S. The Morgan fingerprint density at radius 3 is 2.50 bits per heavy atom. The molecule has 0 atom stereocenters. The average molecular weight is 367 g/mol. The number of hydrogen-bond acceptors (Lipinski definition) is 3. The van der Waals surface area contributed by atoms with Crippen LogP contribution in [0, 0.1) is 5.82 Å². The van der Waals surface area contributed by atoms with E-state index in [2.05, 4.69) is 26.0 Å². The second kappa shape index (κ2) is 6.19. The summed E-state index contributed by atoms with van der Waals surface area (Å²) in [6.45, 7) is 3.26. The summed E-state index contributed by atoms with van der Waals surface area (Å²) in [4.78, 5) is 11.9. The third kappa shape index (κ3) is 5.18. The Labute approximate surface area is 126 Å². The molecule has 20 heavy (non-hydrogen) atoms. The van der Waals surface area contributed by atoms with E-state index in [1.165, 1.54) is 12.1 Å². The molecule has 0 unspecified atom stereocenters. The molecule has 0 saturated heterocycles. The first kappa shape index (κ1) is 17.1. The van der Waals surface area contributed by atoms with E-state index in [0.717, 1.165) is 6.26 Å². The van der Waals surface area contributed by atoms with Crippen LogP contribution in [0.25, 0.3) is 0 Å². The first-order chi connectivity index (χ1) is 9.02. The van der Waals surface area contributed by atoms with E-state index in [9.17, 15) is 17.6 Å². The van der Waals surface area contributed by atoms with Crippen molar-refractivity contribution in [1.29, 1.82) is 0 Å². The number of carbonyl (C=O) groups is 1. The molecule has 1 aromatic carbocycles. The molecule has 8 heteroatoms. The first-order valence-corrected chi connectivity index (χ1v) is 8.41. The van der Waals surface area contributed by atoms with Gasteiger partial charge in [0.15, 0.2) is 0 Å². The van der Waals surface area contributed by atoms with E-state index < -0.39 is 27.3 Å². The number of rotatable bonds is 5. The quantitative estimate of drug-likeness (QED) is 0.831. The minimum atomic E-state index is -3.40. The molecule has 1 rings (SSSR count). The van der Waals surface area contributed by atoms with Crippen LogP contribution in [0.1, 0.15) is 24.2 Å². The number of carbonyl (C=O) groups excluding carboxylic acids is 1. The van der Waals surface area contributed by atoms with Gasteiger partial charge in [-0.25, -0.2) is 17.5 Å². The molecular weight excluding hydrogens is 351 g/mol. The Kier molecular flexibility index (Phi) is 5.28. The largest absolute Gasteiger partial charge is 0.350 e. The predicted molar refractivity (Wildman–Crippen MR) is 78.5 cm³/mol. The number of halogens is 2. The molecule has 1 amide bonds. The normalized spacial score (nSPS) is 12.2. The molecule has 0 aliphatic heterocycles. The molecule has 1 aromatic rings. The van der Waals surface area contributed by atoms with Crippen LogP contribution in [0.4, 0.5) is 4.39 Å². The summed E-state index contributed by atoms with van der Waals surface area (Å²) in [5, 5.41) is 2.51. The zero-order chi connectivity index (χ0) is 15.6. The zero-order valence-electron chi connectivity index (χ0n) is 11.3. The highest BCUT2D eigenvalue weighted by Gasteiger charge is 2.24. The maximum Gasteiger partial charge on any atom is 0.255 e. The topological polar surface area (TPSA) is 75.3 Å². The summed E-state index contributed by atoms with van der Waals surface area (Å²) >= 11 is 3.10. The Bertz CT molecular complexity index is 597. The van der Waals surface area contributed by atoms with Gasteiger partial charge in [-0.15, -0.1) is 0 Å². The fourth-order valence-electron chi connectivity index (χ4n) is 1.64. The molecule has 0 spiro atoms. The van der Waals surface area contributed by atoms with Crippen LogP contribution in [0.15, 0.2) is 22.7 Å². The summed E-state index contributed by atoms with van der Waals surface area (Å²) in [6, 6.07) is 4.21. The summed E-state index contributed by atoms with van der Waals surface area (Å²) < 4.78 is 38.7. The molecule has 0 bridgehead atoms. The molecule has 0 aliphatic rings. The number of nitrogens with one attached hydrogen (secondary N) is 2. The Morgan fingerprint density at radius 1 is 1.40 bits per heavy atom. The van der Waals surface area contributed by atoms with E-state index in [-0.39, 0.29) is 12.1 Å². The van der Waals surface area contributed by atoms with Crippen LogP contribution < -0.4 is 10.0 Å². The molecule has 0 heterocycles. The predicted octanol–water partition coefficient (Wildman–Crippen LogP) is 1.65. The zero-order valence-corrected chi connectivity index (χ0v) is 13.7. The first-order valence-electron chi connectivity index (χ1n) is 5.73. The summed E-state index contributed by atoms with van der Waals surface area (Å²) in [5.41, 5.74) is -0.983. The van der Waals surface area contributed by atoms with Gasteiger partial charge in [0.2, 0.25) is 10.0 Å².